The molecule has 0 unspecified atom stereocenters. The van der Waals surface area contributed by atoms with Gasteiger partial charge in [0.1, 0.15) is 5.52 Å². The van der Waals surface area contributed by atoms with E-state index < -0.39 is 10.0 Å². The van der Waals surface area contributed by atoms with E-state index in [1.165, 1.54) is 12.8 Å². The predicted molar refractivity (Wildman–Crippen MR) is 80.6 cm³/mol. The van der Waals surface area contributed by atoms with Crippen LogP contribution in [0.1, 0.15) is 44.4 Å². The predicted octanol–water partition coefficient (Wildman–Crippen LogP) is 3.14. The molecule has 0 amide bonds. The van der Waals surface area contributed by atoms with Gasteiger partial charge < -0.3 is 4.42 Å². The van der Waals surface area contributed by atoms with Gasteiger partial charge in [-0.1, -0.05) is 25.7 Å². The molecule has 1 aromatic carbocycles. The van der Waals surface area contributed by atoms with E-state index in [4.69, 9.17) is 4.42 Å². The average Bonchev–Trinajstić information content (AvgIpc) is 2.63. The summed E-state index contributed by atoms with van der Waals surface area (Å²) in [5.74, 6) is 0.538. The monoisotopic (exact) mass is 308 g/mol. The highest BCUT2D eigenvalue weighted by Gasteiger charge is 2.22. The zero-order valence-corrected chi connectivity index (χ0v) is 12.9. The summed E-state index contributed by atoms with van der Waals surface area (Å²) in [6.07, 6.45) is 6.41. The van der Waals surface area contributed by atoms with E-state index in [0.717, 1.165) is 25.7 Å². The lowest BCUT2D eigenvalue weighted by Gasteiger charge is -2.16. The highest BCUT2D eigenvalue weighted by Crippen LogP contribution is 2.22. The Labute approximate surface area is 124 Å². The number of hydrogen-bond acceptors (Lipinski definition) is 4. The molecule has 1 aromatic heterocycles. The largest absolute Gasteiger partial charge is 0.441 e. The highest BCUT2D eigenvalue weighted by atomic mass is 32.2. The van der Waals surface area contributed by atoms with Crippen molar-refractivity contribution in [2.45, 2.75) is 56.4 Å². The molecule has 1 fully saturated rings. The van der Waals surface area contributed by atoms with Crippen LogP contribution in [0.3, 0.4) is 0 Å². The quantitative estimate of drug-likeness (QED) is 0.884. The number of aryl methyl sites for hydroxylation is 1. The minimum absolute atomic E-state index is 0.0460. The Kier molecular flexibility index (Phi) is 3.99. The number of nitrogens with zero attached hydrogens (tertiary/aromatic N) is 1. The van der Waals surface area contributed by atoms with E-state index in [-0.39, 0.29) is 10.9 Å². The van der Waals surface area contributed by atoms with Gasteiger partial charge in [0.15, 0.2) is 11.5 Å². The topological polar surface area (TPSA) is 72.2 Å². The molecular weight excluding hydrogens is 288 g/mol. The minimum atomic E-state index is -3.50. The molecule has 3 rings (SSSR count). The van der Waals surface area contributed by atoms with E-state index in [1.807, 2.05) is 0 Å². The first-order valence-corrected chi connectivity index (χ1v) is 8.92. The van der Waals surface area contributed by atoms with Crippen molar-refractivity contribution in [3.63, 3.8) is 0 Å². The number of sulfonamides is 1. The second kappa shape index (κ2) is 5.77. The van der Waals surface area contributed by atoms with Gasteiger partial charge in [0.25, 0.3) is 0 Å². The molecule has 1 N–H and O–H groups in total. The molecule has 0 bridgehead atoms. The van der Waals surface area contributed by atoms with Gasteiger partial charge in [-0.2, -0.15) is 0 Å². The zero-order valence-electron chi connectivity index (χ0n) is 12.1. The molecule has 0 aliphatic heterocycles. The number of hydrogen-bond donors (Lipinski definition) is 1. The Bertz CT molecular complexity index is 728. The van der Waals surface area contributed by atoms with Crippen LogP contribution in [0.2, 0.25) is 0 Å². The first-order chi connectivity index (χ1) is 10.0. The van der Waals surface area contributed by atoms with Crippen molar-refractivity contribution in [2.75, 3.05) is 0 Å². The molecule has 0 atom stereocenters. The van der Waals surface area contributed by atoms with Crippen LogP contribution in [0.5, 0.6) is 0 Å². The van der Waals surface area contributed by atoms with Crippen molar-refractivity contribution >= 4 is 21.1 Å². The number of rotatable bonds is 3. The molecule has 6 heteroatoms. The van der Waals surface area contributed by atoms with Gasteiger partial charge in [0.2, 0.25) is 10.0 Å². The van der Waals surface area contributed by atoms with Crippen molar-refractivity contribution in [1.82, 2.24) is 9.71 Å². The van der Waals surface area contributed by atoms with E-state index >= 15 is 0 Å². The van der Waals surface area contributed by atoms with Crippen LogP contribution in [0, 0.1) is 6.92 Å². The number of nitrogens with one attached hydrogen (secondary N) is 1. The summed E-state index contributed by atoms with van der Waals surface area (Å²) in [4.78, 5) is 4.43. The second-order valence-corrected chi connectivity index (χ2v) is 7.39. The molecule has 0 spiro atoms. The Hall–Kier alpha value is -1.40. The van der Waals surface area contributed by atoms with Gasteiger partial charge >= 0.3 is 0 Å². The molecule has 1 aliphatic rings. The number of benzene rings is 1. The third kappa shape index (κ3) is 3.27. The van der Waals surface area contributed by atoms with Gasteiger partial charge in [-0.3, -0.25) is 0 Å². The Balaban J connectivity index is 1.84. The molecule has 5 nitrogen and oxygen atoms in total. The SMILES string of the molecule is Cc1nc2ccc(S(=O)(=O)NC3CCCCCC3)cc2o1. The van der Waals surface area contributed by atoms with Gasteiger partial charge in [-0.15, -0.1) is 0 Å². The molecular formula is C15H20N2O3S. The van der Waals surface area contributed by atoms with Gasteiger partial charge in [-0.25, -0.2) is 18.1 Å². The Morgan fingerprint density at radius 3 is 2.62 bits per heavy atom. The van der Waals surface area contributed by atoms with Crippen LogP contribution in [-0.4, -0.2) is 19.4 Å². The summed E-state index contributed by atoms with van der Waals surface area (Å²) >= 11 is 0. The van der Waals surface area contributed by atoms with E-state index in [0.29, 0.717) is 17.0 Å². The maximum absolute atomic E-state index is 12.5. The van der Waals surface area contributed by atoms with Gasteiger partial charge in [0.05, 0.1) is 4.90 Å². The summed E-state index contributed by atoms with van der Waals surface area (Å²) in [7, 11) is -3.50. The van der Waals surface area contributed by atoms with E-state index in [2.05, 4.69) is 9.71 Å². The summed E-state index contributed by atoms with van der Waals surface area (Å²) in [6, 6.07) is 4.87. The van der Waals surface area contributed by atoms with Crippen molar-refractivity contribution in [3.05, 3.63) is 24.1 Å². The standard InChI is InChI=1S/C15H20N2O3S/c1-11-16-14-9-8-13(10-15(14)20-11)21(18,19)17-12-6-4-2-3-5-7-12/h8-10,12,17H,2-7H2,1H3. The summed E-state index contributed by atoms with van der Waals surface area (Å²) in [6.45, 7) is 1.75. The molecule has 21 heavy (non-hydrogen) atoms. The van der Waals surface area contributed by atoms with Crippen LogP contribution in [0.25, 0.3) is 11.1 Å². The molecule has 0 saturated heterocycles. The number of aromatic nitrogens is 1. The summed E-state index contributed by atoms with van der Waals surface area (Å²) in [5, 5.41) is 0. The highest BCUT2D eigenvalue weighted by molar-refractivity contribution is 7.89. The third-order valence-electron chi connectivity index (χ3n) is 3.95. The van der Waals surface area contributed by atoms with E-state index in [9.17, 15) is 8.42 Å². The fourth-order valence-corrected chi connectivity index (χ4v) is 4.19. The molecule has 1 aliphatic carbocycles. The van der Waals surface area contributed by atoms with Crippen molar-refractivity contribution in [2.24, 2.45) is 0 Å². The summed E-state index contributed by atoms with van der Waals surface area (Å²) in [5.41, 5.74) is 1.19. The van der Waals surface area contributed by atoms with E-state index in [1.54, 1.807) is 25.1 Å². The minimum Gasteiger partial charge on any atom is -0.441 e. The first-order valence-electron chi connectivity index (χ1n) is 7.44. The third-order valence-corrected chi connectivity index (χ3v) is 5.47. The Morgan fingerprint density at radius 2 is 1.90 bits per heavy atom. The van der Waals surface area contributed by atoms with Crippen LogP contribution >= 0.6 is 0 Å². The molecule has 0 radical (unpaired) electrons. The lowest BCUT2D eigenvalue weighted by Crippen LogP contribution is -2.34. The molecule has 1 heterocycles. The first kappa shape index (κ1) is 14.5. The van der Waals surface area contributed by atoms with Crippen molar-refractivity contribution in [1.29, 1.82) is 0 Å². The smallest absolute Gasteiger partial charge is 0.240 e. The molecule has 2 aromatic rings. The zero-order chi connectivity index (χ0) is 14.9. The number of oxazole rings is 1. The average molecular weight is 308 g/mol. The second-order valence-electron chi connectivity index (χ2n) is 5.67. The fourth-order valence-electron chi connectivity index (χ4n) is 2.87. The fraction of sp³-hybridized carbons (Fsp3) is 0.533. The Morgan fingerprint density at radius 1 is 1.19 bits per heavy atom. The number of fused-ring (bicyclic) bond motifs is 1. The maximum atomic E-state index is 12.5. The van der Waals surface area contributed by atoms with Crippen LogP contribution in [0.15, 0.2) is 27.5 Å². The van der Waals surface area contributed by atoms with Crippen LogP contribution in [0.4, 0.5) is 0 Å². The van der Waals surface area contributed by atoms with Crippen LogP contribution < -0.4 is 4.72 Å². The lowest BCUT2D eigenvalue weighted by atomic mass is 10.1. The normalized spacial score (nSPS) is 18.0. The van der Waals surface area contributed by atoms with Gasteiger partial charge in [-0.05, 0) is 25.0 Å². The maximum Gasteiger partial charge on any atom is 0.240 e. The summed E-state index contributed by atoms with van der Waals surface area (Å²) < 4.78 is 33.2. The molecule has 1 saturated carbocycles. The molecule has 114 valence electrons. The van der Waals surface area contributed by atoms with Crippen molar-refractivity contribution < 1.29 is 12.8 Å². The van der Waals surface area contributed by atoms with Crippen LogP contribution in [-0.2, 0) is 10.0 Å². The van der Waals surface area contributed by atoms with Crippen molar-refractivity contribution in [3.8, 4) is 0 Å². The lowest BCUT2D eigenvalue weighted by molar-refractivity contribution is 0.509. The van der Waals surface area contributed by atoms with Gasteiger partial charge in [0, 0.05) is 19.0 Å².